The Morgan fingerprint density at radius 3 is 2.55 bits per heavy atom. The van der Waals surface area contributed by atoms with Crippen LogP contribution in [-0.2, 0) is 11.2 Å². The van der Waals surface area contributed by atoms with Crippen LogP contribution in [0, 0.1) is 5.82 Å². The van der Waals surface area contributed by atoms with Gasteiger partial charge in [0, 0.05) is 30.0 Å². The van der Waals surface area contributed by atoms with Gasteiger partial charge in [0.25, 0.3) is 5.91 Å². The molecule has 0 unspecified atom stereocenters. The molecule has 10 heteroatoms. The molecule has 2 heterocycles. The van der Waals surface area contributed by atoms with Crippen LogP contribution in [0.1, 0.15) is 29.3 Å². The maximum absolute atomic E-state index is 14.3. The number of nitrogens with one attached hydrogen (secondary N) is 3. The highest BCUT2D eigenvalue weighted by Crippen LogP contribution is 2.27. The number of nitrogens with zero attached hydrogens (tertiary/aromatic N) is 3. The number of hydrogen-bond acceptors (Lipinski definition) is 8. The lowest BCUT2D eigenvalue weighted by Crippen LogP contribution is -2.38. The number of amides is 1. The van der Waals surface area contributed by atoms with Crippen molar-refractivity contribution >= 4 is 29.0 Å². The van der Waals surface area contributed by atoms with Crippen molar-refractivity contribution in [1.29, 1.82) is 0 Å². The van der Waals surface area contributed by atoms with E-state index >= 15 is 0 Å². The smallest absolute Gasteiger partial charge is 0.269 e. The zero-order chi connectivity index (χ0) is 27.9. The number of phenols is 1. The number of halogens is 1. The van der Waals surface area contributed by atoms with Gasteiger partial charge >= 0.3 is 0 Å². The van der Waals surface area contributed by atoms with Crippen molar-refractivity contribution in [2.45, 2.75) is 19.8 Å². The van der Waals surface area contributed by atoms with Crippen molar-refractivity contribution in [1.82, 2.24) is 15.4 Å². The molecular weight excluding hydrogens is 511 g/mol. The third kappa shape index (κ3) is 6.47. The number of carbonyl (C=O) groups excluding carboxylic acids is 1. The molecule has 0 aliphatic carbocycles. The van der Waals surface area contributed by atoms with E-state index in [1.54, 1.807) is 23.1 Å². The molecule has 1 aromatic heterocycles. The Labute approximate surface area is 232 Å². The number of rotatable bonds is 9. The first-order valence-electron chi connectivity index (χ1n) is 13.2. The zero-order valence-corrected chi connectivity index (χ0v) is 22.2. The van der Waals surface area contributed by atoms with Gasteiger partial charge < -0.3 is 20.1 Å². The fourth-order valence-electron chi connectivity index (χ4n) is 4.56. The molecule has 1 amide bonds. The highest BCUT2D eigenvalue weighted by atomic mass is 19.1. The summed E-state index contributed by atoms with van der Waals surface area (Å²) in [4.78, 5) is 23.1. The minimum Gasteiger partial charge on any atom is -0.508 e. The number of phenolic OH excluding ortho intramolecular Hbond substituents is 1. The molecular formula is C30H31FN6O3. The maximum Gasteiger partial charge on any atom is 0.269 e. The van der Waals surface area contributed by atoms with Gasteiger partial charge in [-0.2, -0.15) is 4.98 Å². The summed E-state index contributed by atoms with van der Waals surface area (Å²) in [5.74, 6) is -0.370. The number of aromatic hydroxyl groups is 1. The third-order valence-electron chi connectivity index (χ3n) is 6.55. The largest absolute Gasteiger partial charge is 0.508 e. The lowest BCUT2D eigenvalue weighted by atomic mass is 10.0. The van der Waals surface area contributed by atoms with Gasteiger partial charge in [-0.3, -0.25) is 15.6 Å². The number of ether oxygens (including phenoxy) is 1. The molecule has 40 heavy (non-hydrogen) atoms. The number of anilines is 4. The van der Waals surface area contributed by atoms with Gasteiger partial charge in [0.1, 0.15) is 5.75 Å². The Morgan fingerprint density at radius 1 is 1.02 bits per heavy atom. The van der Waals surface area contributed by atoms with Gasteiger partial charge in [-0.25, -0.2) is 9.37 Å². The molecule has 1 saturated heterocycles. The zero-order valence-electron chi connectivity index (χ0n) is 22.2. The average molecular weight is 543 g/mol. The highest BCUT2D eigenvalue weighted by molar-refractivity contribution is 5.96. The van der Waals surface area contributed by atoms with E-state index in [-0.39, 0.29) is 23.4 Å². The number of hydrazine groups is 1. The van der Waals surface area contributed by atoms with Gasteiger partial charge in [-0.05, 0) is 65.6 Å². The summed E-state index contributed by atoms with van der Waals surface area (Å²) in [6, 6.07) is 20.6. The van der Waals surface area contributed by atoms with E-state index in [0.29, 0.717) is 38.3 Å². The predicted octanol–water partition coefficient (Wildman–Crippen LogP) is 5.28. The van der Waals surface area contributed by atoms with Crippen molar-refractivity contribution < 1.29 is 19.0 Å². The van der Waals surface area contributed by atoms with E-state index in [9.17, 15) is 14.3 Å². The van der Waals surface area contributed by atoms with Crippen LogP contribution >= 0.6 is 0 Å². The van der Waals surface area contributed by atoms with E-state index in [0.717, 1.165) is 40.7 Å². The van der Waals surface area contributed by atoms with E-state index in [4.69, 9.17) is 4.74 Å². The lowest BCUT2D eigenvalue weighted by molar-refractivity contribution is 0.0961. The van der Waals surface area contributed by atoms with Crippen molar-refractivity contribution in [3.05, 3.63) is 89.9 Å². The molecule has 9 nitrogen and oxygen atoms in total. The Balaban J connectivity index is 1.26. The van der Waals surface area contributed by atoms with Crippen molar-refractivity contribution in [3.63, 3.8) is 0 Å². The molecule has 0 radical (unpaired) electrons. The Hall–Kier alpha value is -4.70. The fourth-order valence-corrected chi connectivity index (χ4v) is 4.56. The molecule has 206 valence electrons. The second kappa shape index (κ2) is 12.4. The first kappa shape index (κ1) is 26.9. The van der Waals surface area contributed by atoms with Gasteiger partial charge in [-0.1, -0.05) is 37.6 Å². The number of carbonyl (C=O) groups is 1. The Bertz CT molecular complexity index is 1480. The number of aromatic nitrogens is 2. The fraction of sp³-hybridized carbons (Fsp3) is 0.233. The molecule has 4 aromatic rings. The van der Waals surface area contributed by atoms with Crippen molar-refractivity contribution in [3.8, 4) is 16.9 Å². The summed E-state index contributed by atoms with van der Waals surface area (Å²) in [5, 5.41) is 13.1. The first-order chi connectivity index (χ1) is 19.5. The van der Waals surface area contributed by atoms with Crippen LogP contribution in [-0.4, -0.2) is 47.3 Å². The van der Waals surface area contributed by atoms with Gasteiger partial charge in [0.2, 0.25) is 5.95 Å². The molecule has 0 bridgehead atoms. The quantitative estimate of drug-likeness (QED) is 0.212. The third-order valence-corrected chi connectivity index (χ3v) is 6.55. The summed E-state index contributed by atoms with van der Waals surface area (Å²) in [7, 11) is 0. The van der Waals surface area contributed by atoms with E-state index < -0.39 is 5.82 Å². The number of aryl methyl sites for hydroxylation is 1. The van der Waals surface area contributed by atoms with Crippen LogP contribution < -0.4 is 21.1 Å². The van der Waals surface area contributed by atoms with Crippen molar-refractivity contribution in [2.24, 2.45) is 0 Å². The van der Waals surface area contributed by atoms with Crippen LogP contribution in [0.3, 0.4) is 0 Å². The predicted molar refractivity (Wildman–Crippen MR) is 153 cm³/mol. The maximum atomic E-state index is 14.3. The van der Waals surface area contributed by atoms with Gasteiger partial charge in [0.05, 0.1) is 19.4 Å². The van der Waals surface area contributed by atoms with Gasteiger partial charge in [-0.15, -0.1) is 0 Å². The Morgan fingerprint density at radius 2 is 1.80 bits per heavy atom. The highest BCUT2D eigenvalue weighted by Gasteiger charge is 2.18. The van der Waals surface area contributed by atoms with Gasteiger partial charge in [0.15, 0.2) is 11.6 Å². The molecule has 1 aliphatic heterocycles. The lowest BCUT2D eigenvalue weighted by Gasteiger charge is -2.28. The average Bonchev–Trinajstić information content (AvgIpc) is 2.98. The number of morpholine rings is 1. The van der Waals surface area contributed by atoms with Crippen LogP contribution in [0.2, 0.25) is 0 Å². The molecule has 0 spiro atoms. The Kier molecular flexibility index (Phi) is 8.36. The standard InChI is InChI=1S/C30H31FN6O3/c1-2-4-22-17-24(33-23-9-7-20(8-10-23)21-5-3-6-25(38)18-21)11-12-26(22)29(39)35-36-30-32-19-27(31)28(34-30)37-13-15-40-16-14-37/h3,5-12,17-19,33,38H,2,4,13-16H2,1H3,(H,35,39)(H,32,34,36). The summed E-state index contributed by atoms with van der Waals surface area (Å²) in [6.45, 7) is 4.11. The number of hydrogen-bond donors (Lipinski definition) is 4. The summed E-state index contributed by atoms with van der Waals surface area (Å²) in [5.41, 5.74) is 10.5. The monoisotopic (exact) mass is 542 g/mol. The molecule has 3 aromatic carbocycles. The second-order valence-electron chi connectivity index (χ2n) is 9.42. The summed E-state index contributed by atoms with van der Waals surface area (Å²) < 4.78 is 19.6. The van der Waals surface area contributed by atoms with Crippen LogP contribution in [0.25, 0.3) is 11.1 Å². The molecule has 4 N–H and O–H groups in total. The van der Waals surface area contributed by atoms with Crippen LogP contribution in [0.4, 0.5) is 27.5 Å². The number of benzene rings is 3. The van der Waals surface area contributed by atoms with E-state index in [1.807, 2.05) is 48.5 Å². The molecule has 1 fully saturated rings. The minimum absolute atomic E-state index is 0.0979. The van der Waals surface area contributed by atoms with E-state index in [1.165, 1.54) is 0 Å². The summed E-state index contributed by atoms with van der Waals surface area (Å²) >= 11 is 0. The SMILES string of the molecule is CCCc1cc(Nc2ccc(-c3cccc(O)c3)cc2)ccc1C(=O)NNc1ncc(F)c(N2CCOCC2)n1. The topological polar surface area (TPSA) is 112 Å². The van der Waals surface area contributed by atoms with Crippen LogP contribution in [0.15, 0.2) is 72.9 Å². The second-order valence-corrected chi connectivity index (χ2v) is 9.42. The molecule has 5 rings (SSSR count). The normalized spacial score (nSPS) is 13.1. The summed E-state index contributed by atoms with van der Waals surface area (Å²) in [6.07, 6.45) is 2.66. The first-order valence-corrected chi connectivity index (χ1v) is 13.2. The van der Waals surface area contributed by atoms with Crippen molar-refractivity contribution in [2.75, 3.05) is 41.9 Å². The molecule has 0 atom stereocenters. The van der Waals surface area contributed by atoms with Crippen LogP contribution in [0.5, 0.6) is 5.75 Å². The molecule has 1 aliphatic rings. The molecule has 0 saturated carbocycles. The van der Waals surface area contributed by atoms with E-state index in [2.05, 4.69) is 33.1 Å². The minimum atomic E-state index is -0.527.